The molecule has 3 aromatic rings. The van der Waals surface area contributed by atoms with Crippen molar-refractivity contribution in [3.8, 4) is 0 Å². The molecule has 0 unspecified atom stereocenters. The Balaban J connectivity index is 2.11. The molecule has 6 heteroatoms. The van der Waals surface area contributed by atoms with Crippen LogP contribution in [0.3, 0.4) is 0 Å². The highest BCUT2D eigenvalue weighted by Crippen LogP contribution is 2.32. The van der Waals surface area contributed by atoms with Crippen LogP contribution in [0.15, 0.2) is 47.1 Å². The Labute approximate surface area is 129 Å². The van der Waals surface area contributed by atoms with E-state index in [-0.39, 0.29) is 5.28 Å². The van der Waals surface area contributed by atoms with Gasteiger partial charge in [0.15, 0.2) is 5.82 Å². The van der Waals surface area contributed by atoms with Gasteiger partial charge in [-0.05, 0) is 29.1 Å². The highest BCUT2D eigenvalue weighted by atomic mass is 79.9. The van der Waals surface area contributed by atoms with Crippen LogP contribution < -0.4 is 11.1 Å². The minimum Gasteiger partial charge on any atom is -0.394 e. The molecular formula is C14H10BrClN4. The number of halogens is 2. The van der Waals surface area contributed by atoms with Gasteiger partial charge in [-0.15, -0.1) is 0 Å². The molecule has 100 valence electrons. The smallest absolute Gasteiger partial charge is 0.224 e. The molecule has 0 fully saturated rings. The Morgan fingerprint density at radius 3 is 2.65 bits per heavy atom. The van der Waals surface area contributed by atoms with Crippen LogP contribution in [0.4, 0.5) is 17.2 Å². The zero-order valence-electron chi connectivity index (χ0n) is 10.3. The third kappa shape index (κ3) is 2.42. The third-order valence-electron chi connectivity index (χ3n) is 2.91. The minimum atomic E-state index is 0.156. The van der Waals surface area contributed by atoms with Crippen molar-refractivity contribution >= 4 is 55.5 Å². The molecule has 3 N–H and O–H groups in total. The van der Waals surface area contributed by atoms with Crippen molar-refractivity contribution in [1.82, 2.24) is 9.97 Å². The van der Waals surface area contributed by atoms with Crippen LogP contribution in [0, 0.1) is 0 Å². The zero-order valence-corrected chi connectivity index (χ0v) is 12.6. The molecule has 0 bridgehead atoms. The van der Waals surface area contributed by atoms with E-state index in [2.05, 4.69) is 31.2 Å². The van der Waals surface area contributed by atoms with Crippen molar-refractivity contribution in [3.63, 3.8) is 0 Å². The van der Waals surface area contributed by atoms with Crippen molar-refractivity contribution in [1.29, 1.82) is 0 Å². The standard InChI is InChI=1S/C14H10BrClN4/c15-10-5-6-12(9-4-2-1-3-8(9)10)19-13-11(17)7-18-14(16)20-13/h1-7H,17H2,(H,18,19,20). The van der Waals surface area contributed by atoms with Crippen LogP contribution in [-0.4, -0.2) is 9.97 Å². The first kappa shape index (κ1) is 13.1. The van der Waals surface area contributed by atoms with Gasteiger partial charge in [0.2, 0.25) is 5.28 Å². The molecule has 2 aromatic carbocycles. The van der Waals surface area contributed by atoms with Gasteiger partial charge in [0.1, 0.15) is 0 Å². The van der Waals surface area contributed by atoms with Crippen LogP contribution in [0.1, 0.15) is 0 Å². The first-order chi connectivity index (χ1) is 9.65. The Hall–Kier alpha value is -1.85. The second-order valence-corrected chi connectivity index (χ2v) is 5.40. The van der Waals surface area contributed by atoms with Crippen molar-refractivity contribution in [3.05, 3.63) is 52.4 Å². The van der Waals surface area contributed by atoms with Crippen molar-refractivity contribution in [2.45, 2.75) is 0 Å². The highest BCUT2D eigenvalue weighted by Gasteiger charge is 2.08. The Bertz CT molecular complexity index is 791. The van der Waals surface area contributed by atoms with Gasteiger partial charge in [-0.2, -0.15) is 4.98 Å². The van der Waals surface area contributed by atoms with E-state index in [4.69, 9.17) is 17.3 Å². The van der Waals surface area contributed by atoms with E-state index in [1.165, 1.54) is 6.20 Å². The van der Waals surface area contributed by atoms with Crippen LogP contribution in [0.2, 0.25) is 5.28 Å². The summed E-state index contributed by atoms with van der Waals surface area (Å²) in [6.45, 7) is 0. The molecule has 3 rings (SSSR count). The average molecular weight is 350 g/mol. The summed E-state index contributed by atoms with van der Waals surface area (Å²) in [5.74, 6) is 0.498. The Morgan fingerprint density at radius 1 is 1.10 bits per heavy atom. The fourth-order valence-corrected chi connectivity index (χ4v) is 2.58. The van der Waals surface area contributed by atoms with E-state index in [1.54, 1.807) is 0 Å². The van der Waals surface area contributed by atoms with Crippen LogP contribution in [0.5, 0.6) is 0 Å². The number of hydrogen-bond acceptors (Lipinski definition) is 4. The molecule has 0 atom stereocenters. The number of hydrogen-bond donors (Lipinski definition) is 2. The van der Waals surface area contributed by atoms with Gasteiger partial charge in [0, 0.05) is 15.5 Å². The number of anilines is 3. The number of nitrogens with two attached hydrogens (primary N) is 1. The maximum Gasteiger partial charge on any atom is 0.224 e. The number of nitrogen functional groups attached to an aromatic ring is 1. The molecule has 0 aliphatic rings. The molecular weight excluding hydrogens is 340 g/mol. The van der Waals surface area contributed by atoms with E-state index in [1.807, 2.05) is 36.4 Å². The lowest BCUT2D eigenvalue weighted by Crippen LogP contribution is -2.01. The summed E-state index contributed by atoms with van der Waals surface area (Å²) in [7, 11) is 0. The SMILES string of the molecule is Nc1cnc(Cl)nc1Nc1ccc(Br)c2ccccc12. The molecule has 0 aliphatic heterocycles. The van der Waals surface area contributed by atoms with Gasteiger partial charge in [-0.1, -0.05) is 40.2 Å². The maximum atomic E-state index is 5.86. The molecule has 0 radical (unpaired) electrons. The van der Waals surface area contributed by atoms with E-state index >= 15 is 0 Å². The van der Waals surface area contributed by atoms with Crippen LogP contribution in [0.25, 0.3) is 10.8 Å². The monoisotopic (exact) mass is 348 g/mol. The molecule has 20 heavy (non-hydrogen) atoms. The van der Waals surface area contributed by atoms with Gasteiger partial charge < -0.3 is 11.1 Å². The minimum absolute atomic E-state index is 0.156. The summed E-state index contributed by atoms with van der Waals surface area (Å²) < 4.78 is 1.03. The largest absolute Gasteiger partial charge is 0.394 e. The predicted octanol–water partition coefficient (Wildman–Crippen LogP) is 4.37. The summed E-state index contributed by atoms with van der Waals surface area (Å²) in [6, 6.07) is 12.0. The number of benzene rings is 2. The molecule has 0 saturated heterocycles. The quantitative estimate of drug-likeness (QED) is 0.674. The number of nitrogens with zero attached hydrogens (tertiary/aromatic N) is 2. The van der Waals surface area contributed by atoms with E-state index in [0.717, 1.165) is 20.9 Å². The molecule has 0 aliphatic carbocycles. The average Bonchev–Trinajstić information content (AvgIpc) is 2.46. The third-order valence-corrected chi connectivity index (χ3v) is 3.79. The number of aromatic nitrogens is 2. The van der Waals surface area contributed by atoms with Gasteiger partial charge >= 0.3 is 0 Å². The van der Waals surface area contributed by atoms with Crippen molar-refractivity contribution < 1.29 is 0 Å². The first-order valence-corrected chi connectivity index (χ1v) is 7.04. The summed E-state index contributed by atoms with van der Waals surface area (Å²) >= 11 is 9.34. The lowest BCUT2D eigenvalue weighted by atomic mass is 10.1. The fraction of sp³-hybridized carbons (Fsp3) is 0. The van der Waals surface area contributed by atoms with E-state index in [9.17, 15) is 0 Å². The summed E-state index contributed by atoms with van der Waals surface area (Å²) in [5, 5.41) is 5.53. The first-order valence-electron chi connectivity index (χ1n) is 5.87. The normalized spacial score (nSPS) is 10.7. The second kappa shape index (κ2) is 5.26. The lowest BCUT2D eigenvalue weighted by molar-refractivity contribution is 1.17. The van der Waals surface area contributed by atoms with Crippen LogP contribution in [-0.2, 0) is 0 Å². The van der Waals surface area contributed by atoms with Crippen LogP contribution >= 0.6 is 27.5 Å². The van der Waals surface area contributed by atoms with Gasteiger partial charge in [-0.3, -0.25) is 0 Å². The highest BCUT2D eigenvalue weighted by molar-refractivity contribution is 9.10. The molecule has 4 nitrogen and oxygen atoms in total. The molecule has 1 aromatic heterocycles. The molecule has 1 heterocycles. The van der Waals surface area contributed by atoms with E-state index < -0.39 is 0 Å². The van der Waals surface area contributed by atoms with Crippen molar-refractivity contribution in [2.24, 2.45) is 0 Å². The number of nitrogens with one attached hydrogen (secondary N) is 1. The Morgan fingerprint density at radius 2 is 1.85 bits per heavy atom. The topological polar surface area (TPSA) is 63.8 Å². The fourth-order valence-electron chi connectivity index (χ4n) is 1.97. The second-order valence-electron chi connectivity index (χ2n) is 4.21. The van der Waals surface area contributed by atoms with Crippen molar-refractivity contribution in [2.75, 3.05) is 11.1 Å². The van der Waals surface area contributed by atoms with Gasteiger partial charge in [0.05, 0.1) is 11.9 Å². The molecule has 0 spiro atoms. The maximum absolute atomic E-state index is 5.86. The summed E-state index contributed by atoms with van der Waals surface area (Å²) in [5.41, 5.74) is 7.21. The van der Waals surface area contributed by atoms with Gasteiger partial charge in [0.25, 0.3) is 0 Å². The Kier molecular flexibility index (Phi) is 3.46. The van der Waals surface area contributed by atoms with E-state index in [0.29, 0.717) is 11.5 Å². The summed E-state index contributed by atoms with van der Waals surface area (Å²) in [6.07, 6.45) is 1.48. The number of fused-ring (bicyclic) bond motifs is 1. The van der Waals surface area contributed by atoms with Gasteiger partial charge in [-0.25, -0.2) is 4.98 Å². The lowest BCUT2D eigenvalue weighted by Gasteiger charge is -2.11. The number of rotatable bonds is 2. The molecule has 0 saturated carbocycles. The summed E-state index contributed by atoms with van der Waals surface area (Å²) in [4.78, 5) is 7.94. The predicted molar refractivity (Wildman–Crippen MR) is 86.4 cm³/mol. The molecule has 0 amide bonds. The zero-order chi connectivity index (χ0) is 14.1.